The molecule has 0 spiro atoms. The van der Waals surface area contributed by atoms with Crippen LogP contribution in [0.25, 0.3) is 44.5 Å². The average molecular weight is 1040 g/mol. The first-order chi connectivity index (χ1) is 39.2. The number of rotatable bonds is 7. The van der Waals surface area contributed by atoms with E-state index in [4.69, 9.17) is 0 Å². The molecule has 2 atom stereocenters. The number of hydrogen-bond acceptors (Lipinski definition) is 3. The third kappa shape index (κ3) is 6.70. The number of para-hydroxylation sites is 1. The van der Waals surface area contributed by atoms with Gasteiger partial charge in [-0.2, -0.15) is 0 Å². The van der Waals surface area contributed by atoms with E-state index in [2.05, 4.69) is 307 Å². The van der Waals surface area contributed by atoms with Crippen molar-refractivity contribution in [1.82, 2.24) is 0 Å². The first kappa shape index (κ1) is 48.0. The molecular formula is C78H65N3. The van der Waals surface area contributed by atoms with Crippen LogP contribution < -0.4 is 14.7 Å². The van der Waals surface area contributed by atoms with Gasteiger partial charge in [0.1, 0.15) is 0 Å². The third-order valence-corrected chi connectivity index (χ3v) is 20.0. The van der Waals surface area contributed by atoms with Crippen molar-refractivity contribution in [3.8, 4) is 44.5 Å². The zero-order valence-corrected chi connectivity index (χ0v) is 47.5. The van der Waals surface area contributed by atoms with Gasteiger partial charge in [0.25, 0.3) is 0 Å². The Kier molecular flexibility index (Phi) is 9.97. The molecule has 1 heterocycles. The molecule has 0 saturated heterocycles. The van der Waals surface area contributed by atoms with Gasteiger partial charge in [-0.1, -0.05) is 207 Å². The highest BCUT2D eigenvalue weighted by molar-refractivity contribution is 5.92. The number of nitrogens with zero attached hydrogens (tertiary/aromatic N) is 3. The summed E-state index contributed by atoms with van der Waals surface area (Å²) in [7, 11) is 0. The van der Waals surface area contributed by atoms with Gasteiger partial charge in [0.2, 0.25) is 0 Å². The summed E-state index contributed by atoms with van der Waals surface area (Å²) in [5, 5.41) is 0. The van der Waals surface area contributed by atoms with Crippen LogP contribution in [0.1, 0.15) is 111 Å². The molecule has 1 aliphatic heterocycles. The maximum absolute atomic E-state index is 2.59. The standard InChI is InChI=1S/C78H65N3/c1-75(2)65-26-16-12-22-55(65)59-36-30-51(44-69(59)75)79(52-31-37-60-56-23-13-17-27-66(56)76(3,4)70(60)45-52)49-34-40-73-63(42-49)64-43-50(35-41-74(64)81(73)48-20-10-9-11-21-48)80(53-32-38-61-57-24-14-18-28-67(57)77(5,6)71(61)46-53)54-33-39-62-58-25-15-19-29-68(58)78(7,8)72(62)47-54/h9-47,63,73H,1-8H3. The molecule has 16 rings (SSSR count). The number of anilines is 7. The van der Waals surface area contributed by atoms with Gasteiger partial charge in [-0.15, -0.1) is 0 Å². The highest BCUT2D eigenvalue weighted by Crippen LogP contribution is 2.58. The fourth-order valence-corrected chi connectivity index (χ4v) is 15.8. The van der Waals surface area contributed by atoms with E-state index in [-0.39, 0.29) is 33.6 Å². The molecule has 0 radical (unpaired) electrons. The van der Waals surface area contributed by atoms with E-state index in [1.54, 1.807) is 0 Å². The van der Waals surface area contributed by atoms with Crippen LogP contribution >= 0.6 is 0 Å². The van der Waals surface area contributed by atoms with Crippen molar-refractivity contribution in [3.63, 3.8) is 0 Å². The molecule has 392 valence electrons. The van der Waals surface area contributed by atoms with E-state index < -0.39 is 0 Å². The van der Waals surface area contributed by atoms with Crippen LogP contribution in [0, 0.1) is 0 Å². The lowest BCUT2D eigenvalue weighted by Crippen LogP contribution is -2.30. The zero-order chi connectivity index (χ0) is 54.9. The summed E-state index contributed by atoms with van der Waals surface area (Å²) < 4.78 is 0. The van der Waals surface area contributed by atoms with Crippen molar-refractivity contribution in [2.75, 3.05) is 14.7 Å². The molecule has 10 aromatic carbocycles. The highest BCUT2D eigenvalue weighted by Gasteiger charge is 2.43. The number of allylic oxidation sites excluding steroid dienone is 1. The number of hydrogen-bond donors (Lipinski definition) is 0. The van der Waals surface area contributed by atoms with Crippen LogP contribution in [-0.4, -0.2) is 6.04 Å². The Morgan fingerprint density at radius 2 is 0.654 bits per heavy atom. The first-order valence-corrected chi connectivity index (χ1v) is 29.2. The van der Waals surface area contributed by atoms with Crippen LogP contribution in [0.4, 0.5) is 39.8 Å². The van der Waals surface area contributed by atoms with E-state index in [0.717, 1.165) is 17.1 Å². The van der Waals surface area contributed by atoms with Gasteiger partial charge in [0.05, 0.1) is 6.04 Å². The molecule has 0 saturated carbocycles. The van der Waals surface area contributed by atoms with Gasteiger partial charge in [0.15, 0.2) is 0 Å². The molecule has 0 aromatic heterocycles. The van der Waals surface area contributed by atoms with Crippen LogP contribution in [0.15, 0.2) is 242 Å². The van der Waals surface area contributed by atoms with Crippen LogP contribution in [0.2, 0.25) is 0 Å². The minimum atomic E-state index is -0.158. The second kappa shape index (κ2) is 16.8. The predicted octanol–water partition coefficient (Wildman–Crippen LogP) is 20.3. The van der Waals surface area contributed by atoms with Crippen molar-refractivity contribution < 1.29 is 0 Å². The fraction of sp³-hybridized carbons (Fsp3) is 0.179. The number of fused-ring (bicyclic) bond motifs is 15. The summed E-state index contributed by atoms with van der Waals surface area (Å²) in [5.41, 5.74) is 31.7. The quantitative estimate of drug-likeness (QED) is 0.157. The molecule has 3 heteroatoms. The summed E-state index contributed by atoms with van der Waals surface area (Å²) in [6.07, 6.45) is 7.48. The second-order valence-corrected chi connectivity index (χ2v) is 25.7. The highest BCUT2D eigenvalue weighted by atomic mass is 15.2. The number of benzene rings is 10. The summed E-state index contributed by atoms with van der Waals surface area (Å²) in [4.78, 5) is 7.68. The third-order valence-electron chi connectivity index (χ3n) is 20.0. The molecule has 3 nitrogen and oxygen atoms in total. The van der Waals surface area contributed by atoms with Crippen molar-refractivity contribution >= 4 is 39.8 Å². The van der Waals surface area contributed by atoms with Crippen LogP contribution in [0.3, 0.4) is 0 Å². The Balaban J connectivity index is 0.885. The molecular weight excluding hydrogens is 979 g/mol. The largest absolute Gasteiger partial charge is 0.333 e. The SMILES string of the molecule is CC1(C)c2ccccc2-c2ccc(N(C3=CC4c5cc(N(c6ccc7c(c6)C(C)(C)c6ccccc6-7)c6ccc7c(c6)C(C)(C)c6ccccc6-7)ccc5N(c5ccccc5)C4C=C3)c3ccc4c(c3)C(C)(C)c3ccccc3-4)cc21. The molecule has 81 heavy (non-hydrogen) atoms. The lowest BCUT2D eigenvalue weighted by atomic mass is 9.82. The monoisotopic (exact) mass is 1040 g/mol. The average Bonchev–Trinajstić information content (AvgIpc) is 4.32. The van der Waals surface area contributed by atoms with Gasteiger partial charge in [-0.25, -0.2) is 0 Å². The first-order valence-electron chi connectivity index (χ1n) is 29.2. The molecule has 6 aliphatic rings. The lowest BCUT2D eigenvalue weighted by Gasteiger charge is -2.34. The van der Waals surface area contributed by atoms with E-state index >= 15 is 0 Å². The predicted molar refractivity (Wildman–Crippen MR) is 339 cm³/mol. The summed E-state index contributed by atoms with van der Waals surface area (Å²) >= 11 is 0. The van der Waals surface area contributed by atoms with Gasteiger partial charge >= 0.3 is 0 Å². The van der Waals surface area contributed by atoms with E-state index in [9.17, 15) is 0 Å². The summed E-state index contributed by atoms with van der Waals surface area (Å²) in [5.74, 6) is 0.0247. The van der Waals surface area contributed by atoms with Crippen molar-refractivity contribution in [2.24, 2.45) is 0 Å². The minimum Gasteiger partial charge on any atom is -0.333 e. The Morgan fingerprint density at radius 3 is 1.06 bits per heavy atom. The molecule has 2 unspecified atom stereocenters. The lowest BCUT2D eigenvalue weighted by molar-refractivity contribution is 0.659. The Bertz CT molecular complexity index is 4180. The normalized spacial score (nSPS) is 18.5. The molecule has 0 fully saturated rings. The van der Waals surface area contributed by atoms with Gasteiger partial charge in [-0.3, -0.25) is 0 Å². The summed E-state index contributed by atoms with van der Waals surface area (Å²) in [6.45, 7) is 19.1. The van der Waals surface area contributed by atoms with Gasteiger partial charge in [0, 0.05) is 73.1 Å². The van der Waals surface area contributed by atoms with Crippen molar-refractivity contribution in [1.29, 1.82) is 0 Å². The van der Waals surface area contributed by atoms with E-state index in [1.807, 2.05) is 0 Å². The van der Waals surface area contributed by atoms with Gasteiger partial charge < -0.3 is 14.7 Å². The smallest absolute Gasteiger partial charge is 0.0631 e. The maximum atomic E-state index is 2.59. The zero-order valence-electron chi connectivity index (χ0n) is 47.5. The Hall–Kier alpha value is -8.92. The molecule has 0 N–H and O–H groups in total. The molecule has 0 bridgehead atoms. The molecule has 0 amide bonds. The van der Waals surface area contributed by atoms with Crippen LogP contribution in [0.5, 0.6) is 0 Å². The molecule has 5 aliphatic carbocycles. The van der Waals surface area contributed by atoms with Crippen LogP contribution in [-0.2, 0) is 21.7 Å². The maximum Gasteiger partial charge on any atom is 0.0631 e. The Morgan fingerprint density at radius 1 is 0.321 bits per heavy atom. The fourth-order valence-electron chi connectivity index (χ4n) is 15.8. The van der Waals surface area contributed by atoms with Crippen molar-refractivity contribution in [2.45, 2.75) is 89.0 Å². The second-order valence-electron chi connectivity index (χ2n) is 25.7. The topological polar surface area (TPSA) is 9.72 Å². The molecule has 10 aromatic rings. The summed E-state index contributed by atoms with van der Waals surface area (Å²) in [6, 6.07) is 83.3. The Labute approximate surface area is 477 Å². The van der Waals surface area contributed by atoms with E-state index in [0.29, 0.717) is 0 Å². The van der Waals surface area contributed by atoms with Crippen molar-refractivity contribution in [3.05, 3.63) is 292 Å². The van der Waals surface area contributed by atoms with Gasteiger partial charge in [-0.05, 0) is 180 Å². The minimum absolute atomic E-state index is 0.0247. The van der Waals surface area contributed by atoms with E-state index in [1.165, 1.54) is 123 Å².